The van der Waals surface area contributed by atoms with Gasteiger partial charge in [0.1, 0.15) is 12.4 Å². The average molecular weight is 318 g/mol. The predicted octanol–water partition coefficient (Wildman–Crippen LogP) is 2.40. The smallest absolute Gasteiger partial charge is 0.409 e. The summed E-state index contributed by atoms with van der Waals surface area (Å²) >= 11 is 0. The van der Waals surface area contributed by atoms with Crippen LogP contribution in [0.15, 0.2) is 24.3 Å². The monoisotopic (exact) mass is 318 g/mol. The maximum atomic E-state index is 11.4. The zero-order chi connectivity index (χ0) is 16.1. The van der Waals surface area contributed by atoms with E-state index in [0.29, 0.717) is 6.61 Å². The van der Waals surface area contributed by atoms with E-state index in [2.05, 4.69) is 17.0 Å². The van der Waals surface area contributed by atoms with Gasteiger partial charge in [-0.1, -0.05) is 18.2 Å². The molecule has 0 aliphatic carbocycles. The van der Waals surface area contributed by atoms with Gasteiger partial charge in [-0.15, -0.1) is 0 Å². The van der Waals surface area contributed by atoms with Crippen molar-refractivity contribution in [2.75, 3.05) is 46.4 Å². The Morgan fingerprint density at radius 3 is 2.65 bits per heavy atom. The summed E-state index contributed by atoms with van der Waals surface area (Å²) in [6.07, 6.45) is 3.36. The van der Waals surface area contributed by atoms with Gasteiger partial charge in [-0.05, 0) is 49.9 Å². The number of hydrogen-bond donors (Lipinski definition) is 0. The molecule has 0 saturated carbocycles. The quantitative estimate of drug-likeness (QED) is 0.808. The number of ether oxygens (including phenoxy) is 2. The van der Waals surface area contributed by atoms with E-state index in [1.165, 1.54) is 18.4 Å². The number of cyclic esters (lactones) is 1. The van der Waals surface area contributed by atoms with Crippen LogP contribution in [0.2, 0.25) is 0 Å². The summed E-state index contributed by atoms with van der Waals surface area (Å²) in [6, 6.07) is 8.32. The van der Waals surface area contributed by atoms with Crippen molar-refractivity contribution in [3.63, 3.8) is 0 Å². The van der Waals surface area contributed by atoms with Crippen molar-refractivity contribution in [1.29, 1.82) is 0 Å². The SMILES string of the molecule is COc1ccccc1CC1CCN(CCN2CCOC2=O)CC1. The highest BCUT2D eigenvalue weighted by atomic mass is 16.6. The van der Waals surface area contributed by atoms with E-state index in [4.69, 9.17) is 9.47 Å². The molecule has 2 aliphatic rings. The van der Waals surface area contributed by atoms with Crippen LogP contribution in [0.4, 0.5) is 4.79 Å². The van der Waals surface area contributed by atoms with E-state index >= 15 is 0 Å². The van der Waals surface area contributed by atoms with Gasteiger partial charge >= 0.3 is 6.09 Å². The van der Waals surface area contributed by atoms with Crippen molar-refractivity contribution < 1.29 is 14.3 Å². The van der Waals surface area contributed by atoms with Crippen LogP contribution in [0.25, 0.3) is 0 Å². The summed E-state index contributed by atoms with van der Waals surface area (Å²) in [4.78, 5) is 15.7. The molecule has 0 spiro atoms. The largest absolute Gasteiger partial charge is 0.496 e. The normalized spacial score (nSPS) is 19.9. The molecule has 0 unspecified atom stereocenters. The molecule has 1 amide bonds. The van der Waals surface area contributed by atoms with Crippen molar-refractivity contribution in [2.24, 2.45) is 5.92 Å². The lowest BCUT2D eigenvalue weighted by atomic mass is 9.90. The predicted molar refractivity (Wildman–Crippen MR) is 88.8 cm³/mol. The molecule has 1 aromatic carbocycles. The average Bonchev–Trinajstić information content (AvgIpc) is 3.00. The highest BCUT2D eigenvalue weighted by Crippen LogP contribution is 2.26. The summed E-state index contributed by atoms with van der Waals surface area (Å²) in [5.41, 5.74) is 1.31. The first-order chi connectivity index (χ1) is 11.3. The third-order valence-electron chi connectivity index (χ3n) is 4.94. The molecule has 2 heterocycles. The molecule has 0 radical (unpaired) electrons. The van der Waals surface area contributed by atoms with E-state index in [1.54, 1.807) is 12.0 Å². The number of nitrogens with zero attached hydrogens (tertiary/aromatic N) is 2. The highest BCUT2D eigenvalue weighted by molar-refractivity contribution is 5.69. The Balaban J connectivity index is 1.42. The lowest BCUT2D eigenvalue weighted by Gasteiger charge is -2.32. The molecule has 0 aromatic heterocycles. The number of hydrogen-bond acceptors (Lipinski definition) is 4. The van der Waals surface area contributed by atoms with Crippen LogP contribution in [0.1, 0.15) is 18.4 Å². The fourth-order valence-electron chi connectivity index (χ4n) is 3.49. The van der Waals surface area contributed by atoms with Crippen molar-refractivity contribution >= 4 is 6.09 Å². The molecule has 3 rings (SSSR count). The number of piperidine rings is 1. The van der Waals surface area contributed by atoms with E-state index < -0.39 is 0 Å². The molecule has 2 fully saturated rings. The van der Waals surface area contributed by atoms with E-state index in [1.807, 2.05) is 12.1 Å². The molecule has 23 heavy (non-hydrogen) atoms. The molecule has 0 N–H and O–H groups in total. The minimum atomic E-state index is -0.156. The molecule has 5 nitrogen and oxygen atoms in total. The number of carbonyl (C=O) groups is 1. The van der Waals surface area contributed by atoms with Gasteiger partial charge in [-0.2, -0.15) is 0 Å². The number of carbonyl (C=O) groups excluding carboxylic acids is 1. The number of amides is 1. The van der Waals surface area contributed by atoms with E-state index in [9.17, 15) is 4.79 Å². The summed E-state index contributed by atoms with van der Waals surface area (Å²) in [5, 5.41) is 0. The Hall–Kier alpha value is -1.75. The second kappa shape index (κ2) is 7.68. The molecule has 2 aliphatic heterocycles. The Labute approximate surface area is 138 Å². The Bertz CT molecular complexity index is 527. The molecule has 126 valence electrons. The van der Waals surface area contributed by atoms with Crippen LogP contribution >= 0.6 is 0 Å². The third-order valence-corrected chi connectivity index (χ3v) is 4.94. The minimum absolute atomic E-state index is 0.156. The number of likely N-dealkylation sites (tertiary alicyclic amines) is 1. The summed E-state index contributed by atoms with van der Waals surface area (Å²) in [5.74, 6) is 1.72. The molecule has 2 saturated heterocycles. The Kier molecular flexibility index (Phi) is 5.39. The van der Waals surface area contributed by atoms with E-state index in [0.717, 1.165) is 50.8 Å². The van der Waals surface area contributed by atoms with Crippen LogP contribution < -0.4 is 4.74 Å². The van der Waals surface area contributed by atoms with Crippen LogP contribution in [0, 0.1) is 5.92 Å². The second-order valence-electron chi connectivity index (χ2n) is 6.40. The first-order valence-electron chi connectivity index (χ1n) is 8.52. The van der Waals surface area contributed by atoms with Crippen LogP contribution in [0.3, 0.4) is 0 Å². The summed E-state index contributed by atoms with van der Waals surface area (Å²) < 4.78 is 10.4. The van der Waals surface area contributed by atoms with Crippen molar-refractivity contribution in [3.8, 4) is 5.75 Å². The Morgan fingerprint density at radius 2 is 1.96 bits per heavy atom. The van der Waals surface area contributed by atoms with Gasteiger partial charge < -0.3 is 19.3 Å². The summed E-state index contributed by atoms with van der Waals surface area (Å²) in [7, 11) is 1.74. The summed E-state index contributed by atoms with van der Waals surface area (Å²) in [6.45, 7) is 5.25. The molecule has 5 heteroatoms. The number of para-hydroxylation sites is 1. The maximum Gasteiger partial charge on any atom is 0.409 e. The van der Waals surface area contributed by atoms with Gasteiger partial charge in [0.05, 0.1) is 13.7 Å². The van der Waals surface area contributed by atoms with Crippen LogP contribution in [-0.2, 0) is 11.2 Å². The number of benzene rings is 1. The zero-order valence-corrected chi connectivity index (χ0v) is 13.9. The highest BCUT2D eigenvalue weighted by Gasteiger charge is 2.24. The zero-order valence-electron chi connectivity index (χ0n) is 13.9. The minimum Gasteiger partial charge on any atom is -0.496 e. The van der Waals surface area contributed by atoms with Crippen LogP contribution in [-0.4, -0.2) is 62.3 Å². The molecular weight excluding hydrogens is 292 g/mol. The number of methoxy groups -OCH3 is 1. The molecule has 1 aromatic rings. The molecule has 0 atom stereocenters. The maximum absolute atomic E-state index is 11.4. The second-order valence-corrected chi connectivity index (χ2v) is 6.40. The van der Waals surface area contributed by atoms with Crippen LogP contribution in [0.5, 0.6) is 5.75 Å². The lowest BCUT2D eigenvalue weighted by molar-refractivity contribution is 0.144. The van der Waals surface area contributed by atoms with Gasteiger partial charge in [0.2, 0.25) is 0 Å². The van der Waals surface area contributed by atoms with Gasteiger partial charge in [-0.3, -0.25) is 0 Å². The molecule has 0 bridgehead atoms. The lowest BCUT2D eigenvalue weighted by Crippen LogP contribution is -2.40. The van der Waals surface area contributed by atoms with Crippen molar-refractivity contribution in [2.45, 2.75) is 19.3 Å². The molecular formula is C18H26N2O3. The van der Waals surface area contributed by atoms with Crippen molar-refractivity contribution in [3.05, 3.63) is 29.8 Å². The van der Waals surface area contributed by atoms with Gasteiger partial charge in [0.15, 0.2) is 0 Å². The van der Waals surface area contributed by atoms with Gasteiger partial charge in [0.25, 0.3) is 0 Å². The standard InChI is InChI=1S/C18H26N2O3/c1-22-17-5-3-2-4-16(17)14-15-6-8-19(9-7-15)10-11-20-12-13-23-18(20)21/h2-5,15H,6-14H2,1H3. The Morgan fingerprint density at radius 1 is 1.17 bits per heavy atom. The first-order valence-corrected chi connectivity index (χ1v) is 8.52. The van der Waals surface area contributed by atoms with Gasteiger partial charge in [0, 0.05) is 13.1 Å². The van der Waals surface area contributed by atoms with Gasteiger partial charge in [-0.25, -0.2) is 4.79 Å². The first kappa shape index (κ1) is 16.1. The number of rotatable bonds is 6. The van der Waals surface area contributed by atoms with E-state index in [-0.39, 0.29) is 6.09 Å². The van der Waals surface area contributed by atoms with Crippen molar-refractivity contribution in [1.82, 2.24) is 9.80 Å². The fraction of sp³-hybridized carbons (Fsp3) is 0.611. The topological polar surface area (TPSA) is 42.0 Å². The third kappa shape index (κ3) is 4.16. The fourth-order valence-corrected chi connectivity index (χ4v) is 3.49.